The van der Waals surface area contributed by atoms with E-state index in [1.807, 2.05) is 11.8 Å². The predicted molar refractivity (Wildman–Crippen MR) is 85.3 cm³/mol. The van der Waals surface area contributed by atoms with Crippen molar-refractivity contribution >= 4 is 23.5 Å². The van der Waals surface area contributed by atoms with Crippen molar-refractivity contribution in [3.8, 4) is 5.88 Å². The van der Waals surface area contributed by atoms with Gasteiger partial charge in [0.15, 0.2) is 0 Å². The molecular weight excluding hydrogens is 288 g/mol. The summed E-state index contributed by atoms with van der Waals surface area (Å²) < 4.78 is 9.91. The second kappa shape index (κ2) is 7.54. The maximum Gasteiger partial charge on any atom is 0.343 e. The molecule has 0 radical (unpaired) electrons. The number of pyridine rings is 1. The smallest absolute Gasteiger partial charge is 0.343 e. The highest BCUT2D eigenvalue weighted by Crippen LogP contribution is 2.32. The lowest BCUT2D eigenvalue weighted by Crippen LogP contribution is -2.26. The number of carbonyl (C=O) groups excluding carboxylic acids is 1. The maximum atomic E-state index is 11.6. The number of aromatic nitrogens is 1. The van der Waals surface area contributed by atoms with Crippen molar-refractivity contribution in [3.05, 3.63) is 17.7 Å². The zero-order valence-electron chi connectivity index (χ0n) is 12.7. The number of carbonyl (C=O) groups is 1. The number of rotatable bonds is 6. The molecule has 0 amide bonds. The van der Waals surface area contributed by atoms with Gasteiger partial charge in [-0.2, -0.15) is 16.7 Å². The van der Waals surface area contributed by atoms with E-state index in [9.17, 15) is 4.79 Å². The van der Waals surface area contributed by atoms with Crippen LogP contribution >= 0.6 is 11.8 Å². The standard InChI is InChI=1S/C15H22N2O3S/c1-4-21-12-7-5-6-11(12)16-13-9-8-10(15(18)20-3)14(17-13)19-2/h8-9,11-12H,4-7H2,1-3H3,(H,16,17). The highest BCUT2D eigenvalue weighted by Gasteiger charge is 2.27. The van der Waals surface area contributed by atoms with E-state index in [1.54, 1.807) is 12.1 Å². The number of nitrogens with one attached hydrogen (secondary N) is 1. The molecule has 1 fully saturated rings. The van der Waals surface area contributed by atoms with Crippen LogP contribution in [0.3, 0.4) is 0 Å². The zero-order valence-corrected chi connectivity index (χ0v) is 13.5. The van der Waals surface area contributed by atoms with E-state index < -0.39 is 5.97 Å². The summed E-state index contributed by atoms with van der Waals surface area (Å²) in [6, 6.07) is 3.92. The first-order chi connectivity index (χ1) is 10.2. The number of esters is 1. The summed E-state index contributed by atoms with van der Waals surface area (Å²) in [5.41, 5.74) is 0.344. The van der Waals surface area contributed by atoms with Crippen LogP contribution < -0.4 is 10.1 Å². The molecule has 2 atom stereocenters. The molecule has 21 heavy (non-hydrogen) atoms. The van der Waals surface area contributed by atoms with Crippen LogP contribution in [0.5, 0.6) is 5.88 Å². The molecule has 5 nitrogen and oxygen atoms in total. The number of thioether (sulfide) groups is 1. The summed E-state index contributed by atoms with van der Waals surface area (Å²) in [4.78, 5) is 16.0. The van der Waals surface area contributed by atoms with Crippen LogP contribution in [-0.2, 0) is 4.74 Å². The van der Waals surface area contributed by atoms with Crippen LogP contribution in [0.25, 0.3) is 0 Å². The molecule has 0 spiro atoms. The molecule has 1 saturated carbocycles. The second-order valence-corrected chi connectivity index (χ2v) is 6.44. The van der Waals surface area contributed by atoms with Gasteiger partial charge in [0.25, 0.3) is 0 Å². The lowest BCUT2D eigenvalue weighted by molar-refractivity contribution is 0.0596. The fourth-order valence-corrected chi connectivity index (χ4v) is 3.83. The van der Waals surface area contributed by atoms with E-state index in [0.29, 0.717) is 22.7 Å². The molecule has 1 aliphatic carbocycles. The summed E-state index contributed by atoms with van der Waals surface area (Å²) in [5, 5.41) is 4.10. The third-order valence-electron chi connectivity index (χ3n) is 3.63. The van der Waals surface area contributed by atoms with Crippen LogP contribution in [0.4, 0.5) is 5.82 Å². The van der Waals surface area contributed by atoms with Crippen molar-refractivity contribution < 1.29 is 14.3 Å². The summed E-state index contributed by atoms with van der Waals surface area (Å²) in [6.45, 7) is 2.19. The van der Waals surface area contributed by atoms with Gasteiger partial charge in [-0.05, 0) is 30.7 Å². The molecule has 0 aromatic carbocycles. The van der Waals surface area contributed by atoms with Gasteiger partial charge in [0.05, 0.1) is 14.2 Å². The fourth-order valence-electron chi connectivity index (χ4n) is 2.64. The second-order valence-electron chi connectivity index (χ2n) is 4.92. The molecule has 2 unspecified atom stereocenters. The number of anilines is 1. The van der Waals surface area contributed by atoms with E-state index in [4.69, 9.17) is 9.47 Å². The number of methoxy groups -OCH3 is 2. The number of hydrogen-bond donors (Lipinski definition) is 1. The Morgan fingerprint density at radius 3 is 2.90 bits per heavy atom. The molecular formula is C15H22N2O3S. The van der Waals surface area contributed by atoms with Crippen molar-refractivity contribution in [1.29, 1.82) is 0 Å². The van der Waals surface area contributed by atoms with Gasteiger partial charge in [0, 0.05) is 11.3 Å². The Balaban J connectivity index is 2.12. The van der Waals surface area contributed by atoms with E-state index in [0.717, 1.165) is 18.0 Å². The molecule has 0 bridgehead atoms. The SMILES string of the molecule is CCSC1CCCC1Nc1ccc(C(=O)OC)c(OC)n1. The third-order valence-corrected chi connectivity index (χ3v) is 4.95. The first-order valence-electron chi connectivity index (χ1n) is 7.21. The normalized spacial score (nSPS) is 21.1. The number of ether oxygens (including phenoxy) is 2. The van der Waals surface area contributed by atoms with Gasteiger partial charge in [-0.15, -0.1) is 0 Å². The molecule has 1 aromatic rings. The molecule has 1 aromatic heterocycles. The van der Waals surface area contributed by atoms with Crippen molar-refractivity contribution in [2.75, 3.05) is 25.3 Å². The molecule has 116 valence electrons. The van der Waals surface area contributed by atoms with E-state index in [2.05, 4.69) is 17.2 Å². The Hall–Kier alpha value is -1.43. The molecule has 0 aliphatic heterocycles. The highest BCUT2D eigenvalue weighted by atomic mass is 32.2. The van der Waals surface area contributed by atoms with Crippen molar-refractivity contribution in [2.45, 2.75) is 37.5 Å². The number of nitrogens with zero attached hydrogens (tertiary/aromatic N) is 1. The lowest BCUT2D eigenvalue weighted by Gasteiger charge is -2.21. The summed E-state index contributed by atoms with van der Waals surface area (Å²) in [7, 11) is 2.85. The maximum absolute atomic E-state index is 11.6. The summed E-state index contributed by atoms with van der Waals surface area (Å²) in [6.07, 6.45) is 3.64. The Morgan fingerprint density at radius 2 is 2.24 bits per heavy atom. The Bertz CT molecular complexity index is 496. The Morgan fingerprint density at radius 1 is 1.43 bits per heavy atom. The van der Waals surface area contributed by atoms with Gasteiger partial charge < -0.3 is 14.8 Å². The summed E-state index contributed by atoms with van der Waals surface area (Å²) in [5.74, 6) is 1.73. The fraction of sp³-hybridized carbons (Fsp3) is 0.600. The minimum atomic E-state index is -0.439. The zero-order chi connectivity index (χ0) is 15.2. The monoisotopic (exact) mass is 310 g/mol. The van der Waals surface area contributed by atoms with Crippen LogP contribution in [-0.4, -0.2) is 42.2 Å². The Kier molecular flexibility index (Phi) is 5.73. The van der Waals surface area contributed by atoms with Crippen LogP contribution in [0, 0.1) is 0 Å². The minimum absolute atomic E-state index is 0.296. The van der Waals surface area contributed by atoms with Crippen molar-refractivity contribution in [3.63, 3.8) is 0 Å². The molecule has 6 heteroatoms. The third kappa shape index (κ3) is 3.81. The highest BCUT2D eigenvalue weighted by molar-refractivity contribution is 7.99. The van der Waals surface area contributed by atoms with Gasteiger partial charge in [0.1, 0.15) is 11.4 Å². The van der Waals surface area contributed by atoms with E-state index in [-0.39, 0.29) is 0 Å². The summed E-state index contributed by atoms with van der Waals surface area (Å²) >= 11 is 1.99. The van der Waals surface area contributed by atoms with Gasteiger partial charge in [-0.25, -0.2) is 4.79 Å². The van der Waals surface area contributed by atoms with Gasteiger partial charge >= 0.3 is 5.97 Å². The van der Waals surface area contributed by atoms with Crippen molar-refractivity contribution in [2.24, 2.45) is 0 Å². The van der Waals surface area contributed by atoms with Crippen LogP contribution in [0.1, 0.15) is 36.5 Å². The molecule has 2 rings (SSSR count). The number of hydrogen-bond acceptors (Lipinski definition) is 6. The largest absolute Gasteiger partial charge is 0.480 e. The minimum Gasteiger partial charge on any atom is -0.480 e. The van der Waals surface area contributed by atoms with E-state index in [1.165, 1.54) is 27.1 Å². The topological polar surface area (TPSA) is 60.5 Å². The molecule has 1 heterocycles. The van der Waals surface area contributed by atoms with Gasteiger partial charge in [-0.1, -0.05) is 13.3 Å². The van der Waals surface area contributed by atoms with Gasteiger partial charge in [-0.3, -0.25) is 0 Å². The quantitative estimate of drug-likeness (QED) is 0.815. The van der Waals surface area contributed by atoms with Crippen LogP contribution in [0.2, 0.25) is 0 Å². The predicted octanol–water partition coefficient (Wildman–Crippen LogP) is 2.96. The molecule has 1 aliphatic rings. The average Bonchev–Trinajstić information content (AvgIpc) is 2.94. The van der Waals surface area contributed by atoms with E-state index >= 15 is 0 Å². The first kappa shape index (κ1) is 15.9. The van der Waals surface area contributed by atoms with Crippen LogP contribution in [0.15, 0.2) is 12.1 Å². The van der Waals surface area contributed by atoms with Crippen molar-refractivity contribution in [1.82, 2.24) is 4.98 Å². The molecule has 1 N–H and O–H groups in total. The lowest BCUT2D eigenvalue weighted by atomic mass is 10.2. The average molecular weight is 310 g/mol. The molecule has 0 saturated heterocycles. The first-order valence-corrected chi connectivity index (χ1v) is 8.26. The Labute approximate surface area is 129 Å². The van der Waals surface area contributed by atoms with Gasteiger partial charge in [0.2, 0.25) is 5.88 Å².